The monoisotopic (exact) mass is 279 g/mol. The highest BCUT2D eigenvalue weighted by molar-refractivity contribution is 5.99. The predicted molar refractivity (Wildman–Crippen MR) is 78.7 cm³/mol. The Morgan fingerprint density at radius 3 is 2.95 bits per heavy atom. The first-order valence-electron chi connectivity index (χ1n) is 6.26. The number of pyridine rings is 1. The Balaban J connectivity index is 2.32. The second-order valence-electron chi connectivity index (χ2n) is 3.99. The standard InChI is InChI=1S/C15H13N5O/c1-2-3-4-8-14(21)19-15-12(10-16)11-18-20(15)13-7-5-6-9-17-13/h2-9,11H,1H3,(H,19,21)/b3-2+,8-4+. The van der Waals surface area contributed by atoms with Gasteiger partial charge in [0, 0.05) is 12.3 Å². The number of anilines is 1. The summed E-state index contributed by atoms with van der Waals surface area (Å²) < 4.78 is 1.42. The number of amides is 1. The van der Waals surface area contributed by atoms with Gasteiger partial charge >= 0.3 is 0 Å². The summed E-state index contributed by atoms with van der Waals surface area (Å²) in [4.78, 5) is 16.0. The second kappa shape index (κ2) is 6.82. The van der Waals surface area contributed by atoms with Gasteiger partial charge in [-0.1, -0.05) is 24.3 Å². The van der Waals surface area contributed by atoms with E-state index in [9.17, 15) is 4.79 Å². The fourth-order valence-corrected chi connectivity index (χ4v) is 1.62. The van der Waals surface area contributed by atoms with Crippen molar-refractivity contribution in [3.63, 3.8) is 0 Å². The van der Waals surface area contributed by atoms with Crippen LogP contribution in [-0.4, -0.2) is 20.7 Å². The highest BCUT2D eigenvalue weighted by Crippen LogP contribution is 2.18. The average molecular weight is 279 g/mol. The number of carbonyl (C=O) groups is 1. The van der Waals surface area contributed by atoms with Crippen LogP contribution in [0.3, 0.4) is 0 Å². The minimum Gasteiger partial charge on any atom is -0.306 e. The van der Waals surface area contributed by atoms with E-state index in [4.69, 9.17) is 5.26 Å². The number of allylic oxidation sites excluding steroid dienone is 3. The van der Waals surface area contributed by atoms with Crippen LogP contribution < -0.4 is 5.32 Å². The first kappa shape index (κ1) is 14.2. The highest BCUT2D eigenvalue weighted by atomic mass is 16.1. The Hall–Kier alpha value is -3.20. The smallest absolute Gasteiger partial charge is 0.249 e. The summed E-state index contributed by atoms with van der Waals surface area (Å²) in [5, 5.41) is 15.8. The van der Waals surface area contributed by atoms with E-state index in [0.717, 1.165) is 0 Å². The number of nitrogens with zero attached hydrogens (tertiary/aromatic N) is 4. The van der Waals surface area contributed by atoms with Crippen LogP contribution in [0.2, 0.25) is 0 Å². The summed E-state index contributed by atoms with van der Waals surface area (Å²) in [6.07, 6.45) is 9.53. The van der Waals surface area contributed by atoms with Crippen molar-refractivity contribution < 1.29 is 4.79 Å². The number of hydrogen-bond acceptors (Lipinski definition) is 4. The van der Waals surface area contributed by atoms with Gasteiger partial charge in [-0.25, -0.2) is 4.98 Å². The van der Waals surface area contributed by atoms with E-state index in [-0.39, 0.29) is 11.5 Å². The largest absolute Gasteiger partial charge is 0.306 e. The lowest BCUT2D eigenvalue weighted by Crippen LogP contribution is -2.13. The third-order valence-corrected chi connectivity index (χ3v) is 2.55. The van der Waals surface area contributed by atoms with E-state index in [0.29, 0.717) is 11.6 Å². The first-order valence-corrected chi connectivity index (χ1v) is 6.26. The molecule has 0 saturated carbocycles. The van der Waals surface area contributed by atoms with Crippen LogP contribution in [-0.2, 0) is 4.79 Å². The summed E-state index contributed by atoms with van der Waals surface area (Å²) in [5.41, 5.74) is 0.272. The molecule has 0 aromatic carbocycles. The van der Waals surface area contributed by atoms with Crippen LogP contribution in [0.1, 0.15) is 12.5 Å². The molecule has 6 heteroatoms. The molecule has 6 nitrogen and oxygen atoms in total. The Morgan fingerprint density at radius 1 is 1.43 bits per heavy atom. The van der Waals surface area contributed by atoms with Crippen molar-refractivity contribution in [2.45, 2.75) is 6.92 Å². The number of hydrogen-bond donors (Lipinski definition) is 1. The Bertz CT molecular complexity index is 722. The molecule has 0 aliphatic rings. The van der Waals surface area contributed by atoms with Gasteiger partial charge in [0.15, 0.2) is 11.6 Å². The molecule has 104 valence electrons. The lowest BCUT2D eigenvalue weighted by molar-refractivity contribution is -0.111. The molecular formula is C15H13N5O. The molecule has 0 aliphatic heterocycles. The maximum atomic E-state index is 11.8. The van der Waals surface area contributed by atoms with Crippen molar-refractivity contribution in [2.75, 3.05) is 5.32 Å². The molecule has 0 aliphatic carbocycles. The topological polar surface area (TPSA) is 83.6 Å². The zero-order chi connectivity index (χ0) is 15.1. The second-order valence-corrected chi connectivity index (χ2v) is 3.99. The third-order valence-electron chi connectivity index (χ3n) is 2.55. The van der Waals surface area contributed by atoms with Crippen molar-refractivity contribution in [2.24, 2.45) is 0 Å². The molecule has 0 radical (unpaired) electrons. The van der Waals surface area contributed by atoms with Gasteiger partial charge in [0.2, 0.25) is 5.91 Å². The van der Waals surface area contributed by atoms with Gasteiger partial charge in [0.05, 0.1) is 6.20 Å². The van der Waals surface area contributed by atoms with Gasteiger partial charge < -0.3 is 5.32 Å². The van der Waals surface area contributed by atoms with Crippen molar-refractivity contribution in [1.82, 2.24) is 14.8 Å². The molecule has 21 heavy (non-hydrogen) atoms. The van der Waals surface area contributed by atoms with Gasteiger partial charge in [-0.3, -0.25) is 4.79 Å². The molecule has 0 atom stereocenters. The highest BCUT2D eigenvalue weighted by Gasteiger charge is 2.14. The summed E-state index contributed by atoms with van der Waals surface area (Å²) in [6.45, 7) is 1.85. The molecule has 2 heterocycles. The van der Waals surface area contributed by atoms with Crippen molar-refractivity contribution in [1.29, 1.82) is 5.26 Å². The number of nitrogens with one attached hydrogen (secondary N) is 1. The zero-order valence-electron chi connectivity index (χ0n) is 11.4. The van der Waals surface area contributed by atoms with Crippen LogP contribution >= 0.6 is 0 Å². The molecule has 1 amide bonds. The van der Waals surface area contributed by atoms with Crippen molar-refractivity contribution >= 4 is 11.7 Å². The van der Waals surface area contributed by atoms with Gasteiger partial charge in [0.1, 0.15) is 11.6 Å². The zero-order valence-corrected chi connectivity index (χ0v) is 11.4. The van der Waals surface area contributed by atoms with E-state index in [1.807, 2.05) is 19.1 Å². The van der Waals surface area contributed by atoms with Gasteiger partial charge in [-0.2, -0.15) is 15.0 Å². The molecule has 2 aromatic heterocycles. The fourth-order valence-electron chi connectivity index (χ4n) is 1.62. The maximum absolute atomic E-state index is 11.8. The Kier molecular flexibility index (Phi) is 4.62. The van der Waals surface area contributed by atoms with Crippen molar-refractivity contribution in [3.05, 3.63) is 60.5 Å². The summed E-state index contributed by atoms with van der Waals surface area (Å²) in [6, 6.07) is 7.30. The van der Waals surface area contributed by atoms with E-state index in [1.54, 1.807) is 36.5 Å². The molecule has 2 aromatic rings. The molecule has 1 N–H and O–H groups in total. The summed E-state index contributed by atoms with van der Waals surface area (Å²) in [5.74, 6) is 0.473. The first-order chi connectivity index (χ1) is 10.3. The third kappa shape index (κ3) is 3.42. The van der Waals surface area contributed by atoms with Gasteiger partial charge in [0.25, 0.3) is 0 Å². The van der Waals surface area contributed by atoms with Gasteiger partial charge in [-0.15, -0.1) is 0 Å². The summed E-state index contributed by atoms with van der Waals surface area (Å²) >= 11 is 0. The molecule has 0 saturated heterocycles. The van der Waals surface area contributed by atoms with Crippen LogP contribution in [0, 0.1) is 11.3 Å². The van der Waals surface area contributed by atoms with E-state index in [2.05, 4.69) is 15.4 Å². The molecule has 2 rings (SSSR count). The lowest BCUT2D eigenvalue weighted by Gasteiger charge is -2.06. The average Bonchev–Trinajstić information content (AvgIpc) is 2.91. The fraction of sp³-hybridized carbons (Fsp3) is 0.0667. The number of rotatable bonds is 4. The van der Waals surface area contributed by atoms with E-state index in [1.165, 1.54) is 17.0 Å². The van der Waals surface area contributed by atoms with Gasteiger partial charge in [-0.05, 0) is 19.1 Å². The molecule has 0 bridgehead atoms. The minimum absolute atomic E-state index is 0.272. The molecule has 0 unspecified atom stereocenters. The number of carbonyl (C=O) groups excluding carboxylic acids is 1. The Labute approximate surface area is 122 Å². The number of nitriles is 1. The quantitative estimate of drug-likeness (QED) is 0.687. The van der Waals surface area contributed by atoms with Crippen LogP contribution in [0.25, 0.3) is 5.82 Å². The molecule has 0 spiro atoms. The van der Waals surface area contributed by atoms with Crippen LogP contribution in [0.15, 0.2) is 54.9 Å². The molecule has 0 fully saturated rings. The normalized spacial score (nSPS) is 10.9. The lowest BCUT2D eigenvalue weighted by atomic mass is 10.3. The van der Waals surface area contributed by atoms with Crippen LogP contribution in [0.5, 0.6) is 0 Å². The SMILES string of the molecule is C/C=C/C=C/C(=O)Nc1c(C#N)cnn1-c1ccccn1. The van der Waals surface area contributed by atoms with E-state index >= 15 is 0 Å². The predicted octanol–water partition coefficient (Wildman–Crippen LogP) is 2.21. The molecular weight excluding hydrogens is 266 g/mol. The number of aromatic nitrogens is 3. The van der Waals surface area contributed by atoms with Crippen molar-refractivity contribution in [3.8, 4) is 11.9 Å². The maximum Gasteiger partial charge on any atom is 0.249 e. The van der Waals surface area contributed by atoms with Crippen LogP contribution in [0.4, 0.5) is 5.82 Å². The summed E-state index contributed by atoms with van der Waals surface area (Å²) in [7, 11) is 0. The van der Waals surface area contributed by atoms with E-state index < -0.39 is 0 Å². The minimum atomic E-state index is -0.345. The Morgan fingerprint density at radius 2 is 2.29 bits per heavy atom.